The molecule has 0 saturated heterocycles. The number of benzene rings is 1. The molecule has 1 amide bonds. The third-order valence-electron chi connectivity index (χ3n) is 2.30. The Bertz CT molecular complexity index is 392. The maximum Gasteiger partial charge on any atom is 0.253 e. The molecule has 1 aromatic rings. The van der Waals surface area contributed by atoms with Crippen molar-refractivity contribution in [2.24, 2.45) is 0 Å². The van der Waals surface area contributed by atoms with Gasteiger partial charge >= 0.3 is 0 Å². The number of hydrogen-bond donors (Lipinski definition) is 1. The molecule has 0 heterocycles. The van der Waals surface area contributed by atoms with Gasteiger partial charge < -0.3 is 10.0 Å². The lowest BCUT2D eigenvalue weighted by atomic mass is 10.1. The first-order chi connectivity index (χ1) is 7.72. The molecule has 1 rings (SSSR count). The summed E-state index contributed by atoms with van der Waals surface area (Å²) < 4.78 is 0. The number of aliphatic hydroxyl groups excluding tert-OH is 1. The van der Waals surface area contributed by atoms with Crippen LogP contribution in [0.4, 0.5) is 0 Å². The second-order valence-electron chi connectivity index (χ2n) is 3.30. The number of likely N-dealkylation sites (N-methyl/N-ethyl adjacent to an activating group) is 1. The maximum atomic E-state index is 11.9. The molecule has 0 aliphatic carbocycles. The summed E-state index contributed by atoms with van der Waals surface area (Å²) >= 11 is 0. The number of carbonyl (C=O) groups excluding carboxylic acids is 1. The van der Waals surface area contributed by atoms with Crippen molar-refractivity contribution in [2.75, 3.05) is 19.7 Å². The van der Waals surface area contributed by atoms with E-state index in [1.165, 1.54) is 0 Å². The second kappa shape index (κ2) is 5.89. The Morgan fingerprint density at radius 3 is 2.50 bits per heavy atom. The van der Waals surface area contributed by atoms with Crippen molar-refractivity contribution in [1.82, 2.24) is 4.90 Å². The predicted octanol–water partition coefficient (Wildman–Crippen LogP) is 1.01. The third kappa shape index (κ3) is 2.81. The van der Waals surface area contributed by atoms with Gasteiger partial charge in [0.05, 0.1) is 18.2 Å². The summed E-state index contributed by atoms with van der Waals surface area (Å²) in [6, 6.07) is 8.47. The highest BCUT2D eigenvalue weighted by Gasteiger charge is 2.12. The van der Waals surface area contributed by atoms with Crippen molar-refractivity contribution in [2.45, 2.75) is 6.92 Å². The largest absolute Gasteiger partial charge is 0.395 e. The lowest BCUT2D eigenvalue weighted by molar-refractivity contribution is 0.0732. The molecule has 4 heteroatoms. The Hall–Kier alpha value is -1.86. The Morgan fingerprint density at radius 1 is 1.44 bits per heavy atom. The zero-order valence-corrected chi connectivity index (χ0v) is 9.18. The van der Waals surface area contributed by atoms with E-state index in [9.17, 15) is 4.79 Å². The van der Waals surface area contributed by atoms with Crippen molar-refractivity contribution in [3.8, 4) is 6.07 Å². The molecule has 0 fully saturated rings. The van der Waals surface area contributed by atoms with Gasteiger partial charge in [-0.25, -0.2) is 0 Å². The van der Waals surface area contributed by atoms with Crippen molar-refractivity contribution in [3.63, 3.8) is 0 Å². The standard InChI is InChI=1S/C12H14N2O2/c1-2-14(7-8-15)12(16)11-5-3-10(9-13)4-6-11/h3-6,15H,2,7-8H2,1H3. The van der Waals surface area contributed by atoms with Gasteiger partial charge in [0, 0.05) is 18.7 Å². The van der Waals surface area contributed by atoms with Gasteiger partial charge in [-0.05, 0) is 31.2 Å². The molecule has 4 nitrogen and oxygen atoms in total. The van der Waals surface area contributed by atoms with Crippen molar-refractivity contribution < 1.29 is 9.90 Å². The Kier molecular flexibility index (Phi) is 4.49. The smallest absolute Gasteiger partial charge is 0.253 e. The van der Waals surface area contributed by atoms with Crippen LogP contribution in [0.15, 0.2) is 24.3 Å². The van der Waals surface area contributed by atoms with Crippen LogP contribution in [-0.4, -0.2) is 35.6 Å². The number of nitriles is 1. The van der Waals surface area contributed by atoms with E-state index in [0.717, 1.165) is 0 Å². The summed E-state index contributed by atoms with van der Waals surface area (Å²) in [6.07, 6.45) is 0. The summed E-state index contributed by atoms with van der Waals surface area (Å²) in [5.41, 5.74) is 1.07. The lowest BCUT2D eigenvalue weighted by Crippen LogP contribution is -2.33. The molecule has 16 heavy (non-hydrogen) atoms. The minimum absolute atomic E-state index is 0.0458. The fourth-order valence-corrected chi connectivity index (χ4v) is 1.39. The number of rotatable bonds is 4. The van der Waals surface area contributed by atoms with Crippen LogP contribution in [0.3, 0.4) is 0 Å². The number of aliphatic hydroxyl groups is 1. The first-order valence-electron chi connectivity index (χ1n) is 5.13. The van der Waals surface area contributed by atoms with Crippen LogP contribution < -0.4 is 0 Å². The van der Waals surface area contributed by atoms with Crippen molar-refractivity contribution >= 4 is 5.91 Å². The van der Waals surface area contributed by atoms with Crippen LogP contribution in [0, 0.1) is 11.3 Å². The van der Waals surface area contributed by atoms with Gasteiger partial charge in [-0.3, -0.25) is 4.79 Å². The Balaban J connectivity index is 2.83. The topological polar surface area (TPSA) is 64.3 Å². The van der Waals surface area contributed by atoms with E-state index in [4.69, 9.17) is 10.4 Å². The Morgan fingerprint density at radius 2 is 2.06 bits per heavy atom. The quantitative estimate of drug-likeness (QED) is 0.820. The van der Waals surface area contributed by atoms with E-state index in [1.54, 1.807) is 29.2 Å². The summed E-state index contributed by atoms with van der Waals surface area (Å²) in [7, 11) is 0. The molecule has 0 saturated carbocycles. The zero-order valence-electron chi connectivity index (χ0n) is 9.18. The summed E-state index contributed by atoms with van der Waals surface area (Å²) in [4.78, 5) is 13.5. The number of amides is 1. The normalized spacial score (nSPS) is 9.56. The molecular formula is C12H14N2O2. The fourth-order valence-electron chi connectivity index (χ4n) is 1.39. The van der Waals surface area contributed by atoms with Gasteiger partial charge in [-0.2, -0.15) is 5.26 Å². The molecule has 84 valence electrons. The van der Waals surface area contributed by atoms with Crippen LogP contribution in [-0.2, 0) is 0 Å². The monoisotopic (exact) mass is 218 g/mol. The number of hydrogen-bond acceptors (Lipinski definition) is 3. The lowest BCUT2D eigenvalue weighted by Gasteiger charge is -2.19. The number of nitrogens with zero attached hydrogens (tertiary/aromatic N) is 2. The van der Waals surface area contributed by atoms with E-state index in [1.807, 2.05) is 13.0 Å². The van der Waals surface area contributed by atoms with Crippen LogP contribution in [0.2, 0.25) is 0 Å². The van der Waals surface area contributed by atoms with Gasteiger partial charge in [0.25, 0.3) is 5.91 Å². The third-order valence-corrected chi connectivity index (χ3v) is 2.30. The molecule has 1 aromatic carbocycles. The average molecular weight is 218 g/mol. The van der Waals surface area contributed by atoms with Crippen LogP contribution in [0.5, 0.6) is 0 Å². The molecule has 0 aliphatic rings. The highest BCUT2D eigenvalue weighted by atomic mass is 16.3. The van der Waals surface area contributed by atoms with Gasteiger partial charge in [0.2, 0.25) is 0 Å². The highest BCUT2D eigenvalue weighted by molar-refractivity contribution is 5.94. The van der Waals surface area contributed by atoms with Crippen LogP contribution in [0.1, 0.15) is 22.8 Å². The number of carbonyl (C=O) groups is 1. The molecule has 0 spiro atoms. The zero-order chi connectivity index (χ0) is 12.0. The second-order valence-corrected chi connectivity index (χ2v) is 3.30. The summed E-state index contributed by atoms with van der Waals surface area (Å²) in [6.45, 7) is 2.70. The van der Waals surface area contributed by atoms with Gasteiger partial charge in [0.1, 0.15) is 0 Å². The highest BCUT2D eigenvalue weighted by Crippen LogP contribution is 2.07. The minimum atomic E-state index is -0.124. The van der Waals surface area contributed by atoms with Gasteiger partial charge in [-0.1, -0.05) is 0 Å². The van der Waals surface area contributed by atoms with Crippen molar-refractivity contribution in [1.29, 1.82) is 5.26 Å². The molecule has 0 aromatic heterocycles. The summed E-state index contributed by atoms with van der Waals surface area (Å²) in [5.74, 6) is -0.124. The molecule has 0 radical (unpaired) electrons. The molecular weight excluding hydrogens is 204 g/mol. The predicted molar refractivity (Wildman–Crippen MR) is 59.8 cm³/mol. The maximum absolute atomic E-state index is 11.9. The van der Waals surface area contributed by atoms with Gasteiger partial charge in [-0.15, -0.1) is 0 Å². The fraction of sp³-hybridized carbons (Fsp3) is 0.333. The first-order valence-corrected chi connectivity index (χ1v) is 5.13. The van der Waals surface area contributed by atoms with Gasteiger partial charge in [0.15, 0.2) is 0 Å². The first kappa shape index (κ1) is 12.2. The molecule has 0 bridgehead atoms. The minimum Gasteiger partial charge on any atom is -0.395 e. The van der Waals surface area contributed by atoms with E-state index >= 15 is 0 Å². The van der Waals surface area contributed by atoms with Crippen molar-refractivity contribution in [3.05, 3.63) is 35.4 Å². The molecule has 0 atom stereocenters. The van der Waals surface area contributed by atoms with Crippen LogP contribution >= 0.6 is 0 Å². The van der Waals surface area contributed by atoms with E-state index < -0.39 is 0 Å². The van der Waals surface area contributed by atoms with E-state index in [-0.39, 0.29) is 12.5 Å². The van der Waals surface area contributed by atoms with E-state index in [0.29, 0.717) is 24.2 Å². The molecule has 1 N–H and O–H groups in total. The SMILES string of the molecule is CCN(CCO)C(=O)c1ccc(C#N)cc1. The Labute approximate surface area is 94.7 Å². The van der Waals surface area contributed by atoms with E-state index in [2.05, 4.69) is 0 Å². The van der Waals surface area contributed by atoms with Crippen LogP contribution in [0.25, 0.3) is 0 Å². The molecule has 0 aliphatic heterocycles. The average Bonchev–Trinajstić information content (AvgIpc) is 2.35. The molecule has 0 unspecified atom stereocenters. The summed E-state index contributed by atoms with van der Waals surface area (Å²) in [5, 5.41) is 17.4.